The Morgan fingerprint density at radius 2 is 2.13 bits per heavy atom. The minimum Gasteiger partial charge on any atom is -0.398 e. The number of para-hydroxylation sites is 1. The molecule has 0 bridgehead atoms. The average Bonchev–Trinajstić information content (AvgIpc) is 2.22. The molecule has 1 rings (SSSR count). The molecule has 0 fully saturated rings. The molecule has 4 nitrogen and oxygen atoms in total. The van der Waals surface area contributed by atoms with E-state index in [0.29, 0.717) is 18.7 Å². The van der Waals surface area contributed by atoms with Crippen LogP contribution in [0.25, 0.3) is 0 Å². The lowest BCUT2D eigenvalue weighted by Crippen LogP contribution is -2.26. The molecule has 0 aliphatic carbocycles. The summed E-state index contributed by atoms with van der Waals surface area (Å²) in [5, 5.41) is 11.2. The van der Waals surface area contributed by atoms with Gasteiger partial charge in [0.2, 0.25) is 5.91 Å². The highest BCUT2D eigenvalue weighted by Gasteiger charge is 2.04. The number of amides is 1. The van der Waals surface area contributed by atoms with E-state index in [4.69, 9.17) is 10.8 Å². The number of rotatable bonds is 5. The Kier molecular flexibility index (Phi) is 4.63. The minimum absolute atomic E-state index is 0.0682. The highest BCUT2D eigenvalue weighted by molar-refractivity contribution is 5.80. The van der Waals surface area contributed by atoms with Gasteiger partial charge in [0.25, 0.3) is 0 Å². The summed E-state index contributed by atoms with van der Waals surface area (Å²) in [4.78, 5) is 11.4. The summed E-state index contributed by atoms with van der Waals surface area (Å²) in [6.45, 7) is 0.593. The van der Waals surface area contributed by atoms with Crippen molar-refractivity contribution in [2.24, 2.45) is 0 Å². The Balaban J connectivity index is 2.41. The molecule has 1 aromatic rings. The van der Waals surface area contributed by atoms with Gasteiger partial charge in [-0.25, -0.2) is 0 Å². The third-order valence-corrected chi connectivity index (χ3v) is 2.06. The Bertz CT molecular complexity index is 326. The summed E-state index contributed by atoms with van der Waals surface area (Å²) < 4.78 is 0. The number of aliphatic hydroxyl groups is 1. The van der Waals surface area contributed by atoms with Crippen molar-refractivity contribution in [3.05, 3.63) is 29.8 Å². The maximum absolute atomic E-state index is 11.4. The molecule has 82 valence electrons. The second-order valence-corrected chi connectivity index (χ2v) is 3.30. The van der Waals surface area contributed by atoms with Crippen LogP contribution in [0.3, 0.4) is 0 Å². The third kappa shape index (κ3) is 3.99. The van der Waals surface area contributed by atoms with Crippen LogP contribution in [0.2, 0.25) is 0 Å². The van der Waals surface area contributed by atoms with Crippen LogP contribution in [0, 0.1) is 0 Å². The van der Waals surface area contributed by atoms with Gasteiger partial charge in [-0.2, -0.15) is 0 Å². The molecule has 4 N–H and O–H groups in total. The largest absolute Gasteiger partial charge is 0.398 e. The predicted octanol–water partition coefficient (Wildman–Crippen LogP) is 0.310. The standard InChI is InChI=1S/C11H16N2O2/c12-10-5-2-1-4-9(10)8-11(15)13-6-3-7-14/h1-2,4-5,14H,3,6-8,12H2,(H,13,15). The van der Waals surface area contributed by atoms with Crippen LogP contribution in [0.5, 0.6) is 0 Å². The third-order valence-electron chi connectivity index (χ3n) is 2.06. The second-order valence-electron chi connectivity index (χ2n) is 3.30. The molecule has 0 aromatic heterocycles. The number of carbonyl (C=O) groups is 1. The number of nitrogens with two attached hydrogens (primary N) is 1. The summed E-state index contributed by atoms with van der Waals surface area (Å²) in [5.74, 6) is -0.0682. The summed E-state index contributed by atoms with van der Waals surface area (Å²) in [7, 11) is 0. The van der Waals surface area contributed by atoms with Crippen molar-refractivity contribution in [2.45, 2.75) is 12.8 Å². The molecule has 0 saturated carbocycles. The van der Waals surface area contributed by atoms with Gasteiger partial charge in [-0.3, -0.25) is 4.79 Å². The van der Waals surface area contributed by atoms with E-state index in [1.807, 2.05) is 18.2 Å². The first-order chi connectivity index (χ1) is 7.24. The lowest BCUT2D eigenvalue weighted by atomic mass is 10.1. The fraction of sp³-hybridized carbons (Fsp3) is 0.364. The monoisotopic (exact) mass is 208 g/mol. The van der Waals surface area contributed by atoms with Gasteiger partial charge in [-0.1, -0.05) is 18.2 Å². The molecule has 15 heavy (non-hydrogen) atoms. The minimum atomic E-state index is -0.0682. The van der Waals surface area contributed by atoms with Crippen LogP contribution < -0.4 is 11.1 Å². The lowest BCUT2D eigenvalue weighted by molar-refractivity contribution is -0.120. The molecule has 0 heterocycles. The van der Waals surface area contributed by atoms with Gasteiger partial charge in [-0.05, 0) is 18.1 Å². The highest BCUT2D eigenvalue weighted by atomic mass is 16.3. The van der Waals surface area contributed by atoms with Crippen LogP contribution in [0.15, 0.2) is 24.3 Å². The van der Waals surface area contributed by atoms with Gasteiger partial charge in [-0.15, -0.1) is 0 Å². The van der Waals surface area contributed by atoms with Crippen molar-refractivity contribution in [1.82, 2.24) is 5.32 Å². The van der Waals surface area contributed by atoms with Gasteiger partial charge in [0.15, 0.2) is 0 Å². The molecule has 0 radical (unpaired) electrons. The van der Waals surface area contributed by atoms with E-state index in [1.54, 1.807) is 6.07 Å². The van der Waals surface area contributed by atoms with Crippen LogP contribution in [0.4, 0.5) is 5.69 Å². The first kappa shape index (κ1) is 11.5. The highest BCUT2D eigenvalue weighted by Crippen LogP contribution is 2.10. The van der Waals surface area contributed by atoms with Crippen LogP contribution in [-0.4, -0.2) is 24.2 Å². The summed E-state index contributed by atoms with van der Waals surface area (Å²) in [6.07, 6.45) is 0.869. The van der Waals surface area contributed by atoms with Gasteiger partial charge in [0.05, 0.1) is 6.42 Å². The number of aliphatic hydroxyl groups excluding tert-OH is 1. The molecule has 0 aliphatic rings. The Labute approximate surface area is 89.1 Å². The fourth-order valence-corrected chi connectivity index (χ4v) is 1.24. The number of anilines is 1. The maximum Gasteiger partial charge on any atom is 0.224 e. The summed E-state index contributed by atoms with van der Waals surface area (Å²) in [6, 6.07) is 7.30. The zero-order chi connectivity index (χ0) is 11.1. The van der Waals surface area contributed by atoms with E-state index in [2.05, 4.69) is 5.32 Å². The molecule has 0 spiro atoms. The van der Waals surface area contributed by atoms with E-state index in [-0.39, 0.29) is 18.9 Å². The van der Waals surface area contributed by atoms with Crippen LogP contribution >= 0.6 is 0 Å². The molecule has 1 aromatic carbocycles. The molecule has 4 heteroatoms. The molecule has 0 unspecified atom stereocenters. The van der Waals surface area contributed by atoms with Crippen LogP contribution in [0.1, 0.15) is 12.0 Å². The number of nitrogens with one attached hydrogen (secondary N) is 1. The van der Waals surface area contributed by atoms with Gasteiger partial charge >= 0.3 is 0 Å². The van der Waals surface area contributed by atoms with Gasteiger partial charge < -0.3 is 16.2 Å². The molecule has 1 amide bonds. The van der Waals surface area contributed by atoms with Crippen LogP contribution in [-0.2, 0) is 11.2 Å². The smallest absolute Gasteiger partial charge is 0.224 e. The van der Waals surface area contributed by atoms with Crippen molar-refractivity contribution in [1.29, 1.82) is 0 Å². The lowest BCUT2D eigenvalue weighted by Gasteiger charge is -2.06. The number of nitrogen functional groups attached to an aromatic ring is 1. The molecule has 0 atom stereocenters. The van der Waals surface area contributed by atoms with E-state index in [0.717, 1.165) is 5.56 Å². The SMILES string of the molecule is Nc1ccccc1CC(=O)NCCCO. The number of carbonyl (C=O) groups excluding carboxylic acids is 1. The zero-order valence-electron chi connectivity index (χ0n) is 8.57. The predicted molar refractivity (Wildman–Crippen MR) is 59.3 cm³/mol. The topological polar surface area (TPSA) is 75.4 Å². The zero-order valence-corrected chi connectivity index (χ0v) is 8.57. The first-order valence-corrected chi connectivity index (χ1v) is 4.95. The molecule has 0 aliphatic heterocycles. The Morgan fingerprint density at radius 1 is 1.40 bits per heavy atom. The average molecular weight is 208 g/mol. The van der Waals surface area contributed by atoms with Crippen molar-refractivity contribution in [3.8, 4) is 0 Å². The number of hydrogen-bond acceptors (Lipinski definition) is 3. The normalized spacial score (nSPS) is 9.93. The molecule has 0 saturated heterocycles. The first-order valence-electron chi connectivity index (χ1n) is 4.95. The van der Waals surface area contributed by atoms with Crippen molar-refractivity contribution < 1.29 is 9.90 Å². The maximum atomic E-state index is 11.4. The molecular formula is C11H16N2O2. The Hall–Kier alpha value is -1.55. The van der Waals surface area contributed by atoms with Gasteiger partial charge in [0.1, 0.15) is 0 Å². The molecular weight excluding hydrogens is 192 g/mol. The van der Waals surface area contributed by atoms with E-state index in [9.17, 15) is 4.79 Å². The van der Waals surface area contributed by atoms with E-state index >= 15 is 0 Å². The number of benzene rings is 1. The van der Waals surface area contributed by atoms with Crippen molar-refractivity contribution >= 4 is 11.6 Å². The quantitative estimate of drug-likeness (QED) is 0.481. The van der Waals surface area contributed by atoms with E-state index < -0.39 is 0 Å². The van der Waals surface area contributed by atoms with Crippen molar-refractivity contribution in [3.63, 3.8) is 0 Å². The van der Waals surface area contributed by atoms with E-state index in [1.165, 1.54) is 0 Å². The second kappa shape index (κ2) is 6.03. The number of hydrogen-bond donors (Lipinski definition) is 3. The summed E-state index contributed by atoms with van der Waals surface area (Å²) >= 11 is 0. The van der Waals surface area contributed by atoms with Crippen molar-refractivity contribution in [2.75, 3.05) is 18.9 Å². The fourth-order valence-electron chi connectivity index (χ4n) is 1.24. The van der Waals surface area contributed by atoms with Gasteiger partial charge in [0, 0.05) is 18.8 Å². The summed E-state index contributed by atoms with van der Waals surface area (Å²) in [5.41, 5.74) is 7.17. The Morgan fingerprint density at radius 3 is 2.80 bits per heavy atom.